The summed E-state index contributed by atoms with van der Waals surface area (Å²) in [5.41, 5.74) is 1.13. The van der Waals surface area contributed by atoms with Crippen LogP contribution in [0.4, 0.5) is 0 Å². The predicted molar refractivity (Wildman–Crippen MR) is 114 cm³/mol. The average Bonchev–Trinajstić information content (AvgIpc) is 3.32. The molecule has 32 heavy (non-hydrogen) atoms. The number of cyclic esters (lactones) is 2. The number of esters is 2. The van der Waals surface area contributed by atoms with Crippen molar-refractivity contribution in [2.24, 2.45) is 28.1 Å². The second-order valence-electron chi connectivity index (χ2n) is 11.6. The van der Waals surface area contributed by atoms with E-state index in [2.05, 4.69) is 27.7 Å². The first-order valence-electron chi connectivity index (χ1n) is 11.9. The molecule has 4 fully saturated rings. The van der Waals surface area contributed by atoms with Gasteiger partial charge in [0.1, 0.15) is 12.7 Å². The maximum absolute atomic E-state index is 12.8. The molecule has 4 heterocycles. The highest BCUT2D eigenvalue weighted by Crippen LogP contribution is 2.73. The van der Waals surface area contributed by atoms with Crippen molar-refractivity contribution in [3.8, 4) is 0 Å². The Balaban J connectivity index is 1.48. The summed E-state index contributed by atoms with van der Waals surface area (Å²) in [6, 6.07) is 1.90. The topological polar surface area (TPSA) is 75.0 Å². The molecule has 0 amide bonds. The molecule has 3 aliphatic heterocycles. The first kappa shape index (κ1) is 20.5. The van der Waals surface area contributed by atoms with Crippen molar-refractivity contribution in [1.29, 1.82) is 0 Å². The number of ether oxygens (including phenoxy) is 3. The van der Waals surface area contributed by atoms with E-state index >= 15 is 0 Å². The lowest BCUT2D eigenvalue weighted by molar-refractivity contribution is -0.190. The van der Waals surface area contributed by atoms with Gasteiger partial charge in [-0.3, -0.25) is 4.79 Å². The molecule has 0 bridgehead atoms. The van der Waals surface area contributed by atoms with Gasteiger partial charge in [-0.1, -0.05) is 13.8 Å². The van der Waals surface area contributed by atoms with Crippen LogP contribution in [0.15, 0.2) is 34.7 Å². The molecule has 0 N–H and O–H groups in total. The minimum Gasteiger partial charge on any atom is -0.472 e. The minimum atomic E-state index is -0.349. The molecule has 0 aromatic carbocycles. The monoisotopic (exact) mass is 440 g/mol. The van der Waals surface area contributed by atoms with Gasteiger partial charge in [-0.25, -0.2) is 4.79 Å². The normalized spacial score (nSPS) is 46.7. The van der Waals surface area contributed by atoms with E-state index in [0.717, 1.165) is 31.2 Å². The molecule has 172 valence electrons. The number of hydrogen-bond acceptors (Lipinski definition) is 6. The fraction of sp³-hybridized carbons (Fsp3) is 0.692. The lowest BCUT2D eigenvalue weighted by Gasteiger charge is -2.64. The van der Waals surface area contributed by atoms with Crippen molar-refractivity contribution in [3.05, 3.63) is 35.8 Å². The Morgan fingerprint density at radius 3 is 2.50 bits per heavy atom. The zero-order chi connectivity index (χ0) is 22.5. The van der Waals surface area contributed by atoms with Crippen LogP contribution in [0.3, 0.4) is 0 Å². The smallest absolute Gasteiger partial charge is 0.331 e. The van der Waals surface area contributed by atoms with E-state index in [9.17, 15) is 9.59 Å². The van der Waals surface area contributed by atoms with E-state index in [1.807, 2.05) is 6.07 Å². The summed E-state index contributed by atoms with van der Waals surface area (Å²) in [4.78, 5) is 25.1. The van der Waals surface area contributed by atoms with Crippen molar-refractivity contribution < 1.29 is 28.2 Å². The second kappa shape index (κ2) is 6.28. The van der Waals surface area contributed by atoms with Gasteiger partial charge < -0.3 is 18.6 Å². The molecule has 1 aromatic rings. The largest absolute Gasteiger partial charge is 0.472 e. The van der Waals surface area contributed by atoms with Gasteiger partial charge in [0.25, 0.3) is 0 Å². The molecule has 6 heteroatoms. The molecule has 2 saturated carbocycles. The zero-order valence-electron chi connectivity index (χ0n) is 19.3. The maximum atomic E-state index is 12.8. The van der Waals surface area contributed by atoms with Gasteiger partial charge in [-0.05, 0) is 68.4 Å². The molecule has 2 saturated heterocycles. The summed E-state index contributed by atoms with van der Waals surface area (Å²) in [6.07, 6.45) is 8.82. The van der Waals surface area contributed by atoms with Crippen molar-refractivity contribution in [2.75, 3.05) is 6.61 Å². The lowest BCUT2D eigenvalue weighted by Crippen LogP contribution is -2.63. The van der Waals surface area contributed by atoms with Crippen molar-refractivity contribution in [1.82, 2.24) is 0 Å². The van der Waals surface area contributed by atoms with Crippen LogP contribution in [-0.2, 0) is 23.8 Å². The van der Waals surface area contributed by atoms with Crippen LogP contribution in [0.25, 0.3) is 0 Å². The molecule has 0 radical (unpaired) electrons. The van der Waals surface area contributed by atoms with Gasteiger partial charge in [0.05, 0.1) is 30.7 Å². The summed E-state index contributed by atoms with van der Waals surface area (Å²) in [7, 11) is 0. The molecule has 1 spiro atoms. The van der Waals surface area contributed by atoms with E-state index < -0.39 is 0 Å². The van der Waals surface area contributed by atoms with Crippen LogP contribution in [0.1, 0.15) is 71.5 Å². The first-order valence-corrected chi connectivity index (χ1v) is 11.9. The Bertz CT molecular complexity index is 1010. The van der Waals surface area contributed by atoms with Crippen LogP contribution < -0.4 is 0 Å². The Morgan fingerprint density at radius 2 is 1.75 bits per heavy atom. The number of carbonyl (C=O) groups excluding carboxylic acids is 2. The van der Waals surface area contributed by atoms with Crippen LogP contribution in [0.2, 0.25) is 0 Å². The highest BCUT2D eigenvalue weighted by atomic mass is 16.6. The number of fused-ring (bicyclic) bond motifs is 3. The summed E-state index contributed by atoms with van der Waals surface area (Å²) in [5.74, 6) is 0.172. The molecule has 5 aliphatic rings. The van der Waals surface area contributed by atoms with Crippen molar-refractivity contribution >= 4 is 11.9 Å². The molecule has 6 nitrogen and oxygen atoms in total. The third-order valence-electron chi connectivity index (χ3n) is 9.84. The highest BCUT2D eigenvalue weighted by molar-refractivity contribution is 5.85. The lowest BCUT2D eigenvalue weighted by atomic mass is 9.40. The Hall–Kier alpha value is -2.08. The third-order valence-corrected chi connectivity index (χ3v) is 9.84. The summed E-state index contributed by atoms with van der Waals surface area (Å²) in [6.45, 7) is 9.33. The number of hydrogen-bond donors (Lipinski definition) is 0. The minimum absolute atomic E-state index is 0.126. The highest BCUT2D eigenvalue weighted by Gasteiger charge is 2.72. The molecular formula is C26H32O6. The van der Waals surface area contributed by atoms with Crippen LogP contribution >= 0.6 is 0 Å². The predicted octanol–water partition coefficient (Wildman–Crippen LogP) is 4.75. The van der Waals surface area contributed by atoms with E-state index in [1.54, 1.807) is 18.6 Å². The van der Waals surface area contributed by atoms with Gasteiger partial charge >= 0.3 is 11.9 Å². The Morgan fingerprint density at radius 1 is 1.00 bits per heavy atom. The number of furan rings is 1. The van der Waals surface area contributed by atoms with Gasteiger partial charge in [0.2, 0.25) is 0 Å². The van der Waals surface area contributed by atoms with Gasteiger partial charge in [-0.2, -0.15) is 0 Å². The van der Waals surface area contributed by atoms with Crippen molar-refractivity contribution in [3.63, 3.8) is 0 Å². The van der Waals surface area contributed by atoms with Crippen LogP contribution in [-0.4, -0.2) is 30.3 Å². The number of carbonyl (C=O) groups is 2. The van der Waals surface area contributed by atoms with Gasteiger partial charge in [-0.15, -0.1) is 0 Å². The standard InChI is InChI=1S/C26H32O6/c1-23(2)16-5-8-24(3)17(26(16)14-30-20(27)12-19(26)32-23)6-9-25(4)18(24)11-21(28)31-22(25)15-7-10-29-13-15/h7,10-11,13,16-17,19,22H,5-6,8-9,12,14H2,1-4H3/t16-,17-,19-,22-,24+,25+,26-/m0/s1. The van der Waals surface area contributed by atoms with Crippen LogP contribution in [0.5, 0.6) is 0 Å². The van der Waals surface area contributed by atoms with Crippen molar-refractivity contribution in [2.45, 2.75) is 77.6 Å². The molecule has 0 unspecified atom stereocenters. The second-order valence-corrected chi connectivity index (χ2v) is 11.6. The quantitative estimate of drug-likeness (QED) is 0.587. The Kier molecular flexibility index (Phi) is 4.03. The molecule has 2 aliphatic carbocycles. The average molecular weight is 441 g/mol. The fourth-order valence-corrected chi connectivity index (χ4v) is 8.67. The van der Waals surface area contributed by atoms with E-state index in [1.165, 1.54) is 5.57 Å². The fourth-order valence-electron chi connectivity index (χ4n) is 8.67. The molecular weight excluding hydrogens is 408 g/mol. The molecule has 7 atom stereocenters. The number of rotatable bonds is 1. The summed E-state index contributed by atoms with van der Waals surface area (Å²) < 4.78 is 23.6. The van der Waals surface area contributed by atoms with E-state index in [0.29, 0.717) is 18.9 Å². The SMILES string of the molecule is CC1(C)O[C@H]2CC(=O)OC[C@]23[C@H]2CC[C@]4(C)C(=CC(=O)O[C@H]4c4ccoc4)[C@]2(C)CC[C@@H]13. The zero-order valence-corrected chi connectivity index (χ0v) is 19.3. The molecule has 1 aromatic heterocycles. The molecule has 6 rings (SSSR count). The first-order chi connectivity index (χ1) is 15.1. The van der Waals surface area contributed by atoms with Crippen LogP contribution in [0, 0.1) is 28.1 Å². The summed E-state index contributed by atoms with van der Waals surface area (Å²) >= 11 is 0. The third kappa shape index (κ3) is 2.39. The summed E-state index contributed by atoms with van der Waals surface area (Å²) in [5, 5.41) is 0. The van der Waals surface area contributed by atoms with E-state index in [4.69, 9.17) is 18.6 Å². The van der Waals surface area contributed by atoms with Gasteiger partial charge in [0.15, 0.2) is 0 Å². The Labute approximate surface area is 188 Å². The van der Waals surface area contributed by atoms with Gasteiger partial charge in [0, 0.05) is 22.5 Å². The maximum Gasteiger partial charge on any atom is 0.331 e. The van der Waals surface area contributed by atoms with E-state index in [-0.39, 0.29) is 51.9 Å².